The number of ether oxygens (including phenoxy) is 2. The zero-order valence-electron chi connectivity index (χ0n) is 12.9. The number of rotatable bonds is 5. The van der Waals surface area contributed by atoms with Crippen LogP contribution < -0.4 is 14.8 Å². The number of halogens is 3. The predicted octanol–water partition coefficient (Wildman–Crippen LogP) is 2.89. The van der Waals surface area contributed by atoms with Gasteiger partial charge in [-0.3, -0.25) is 0 Å². The number of nitrogens with one attached hydrogen (secondary N) is 1. The highest BCUT2D eigenvalue weighted by molar-refractivity contribution is 5.85. The first kappa shape index (κ1) is 18.4. The van der Waals surface area contributed by atoms with Crippen LogP contribution in [-0.4, -0.2) is 29.4 Å². The van der Waals surface area contributed by atoms with Gasteiger partial charge in [-0.05, 0) is 44.1 Å². The van der Waals surface area contributed by atoms with E-state index in [2.05, 4.69) is 15.5 Å². The van der Waals surface area contributed by atoms with Gasteiger partial charge in [-0.2, -0.15) is 0 Å². The molecule has 1 N–H and O–H groups in total. The quantitative estimate of drug-likeness (QED) is 0.891. The van der Waals surface area contributed by atoms with Crippen molar-refractivity contribution in [2.45, 2.75) is 25.6 Å². The van der Waals surface area contributed by atoms with Gasteiger partial charge in [0, 0.05) is 6.07 Å². The van der Waals surface area contributed by atoms with Gasteiger partial charge in [0.15, 0.2) is 17.4 Å². The lowest BCUT2D eigenvalue weighted by molar-refractivity contribution is 0.154. The Morgan fingerprint density at radius 3 is 2.38 bits per heavy atom. The number of nitrogens with zero attached hydrogens (tertiary/aromatic N) is 2. The maximum absolute atomic E-state index is 13.5. The maximum Gasteiger partial charge on any atom is 0.233 e. The lowest BCUT2D eigenvalue weighted by Crippen LogP contribution is -2.34. The van der Waals surface area contributed by atoms with Crippen molar-refractivity contribution < 1.29 is 18.3 Å². The van der Waals surface area contributed by atoms with Gasteiger partial charge in [-0.25, -0.2) is 8.78 Å². The van der Waals surface area contributed by atoms with E-state index in [1.807, 2.05) is 0 Å². The summed E-state index contributed by atoms with van der Waals surface area (Å²) in [6.45, 7) is 1.79. The molecular weight excluding hydrogens is 340 g/mol. The SMILES string of the molecule is Cl.Fc1cccc(F)c1OCc1ccc(OC2CCNCC2)nn1. The number of para-hydroxylation sites is 1. The third-order valence-electron chi connectivity index (χ3n) is 3.55. The summed E-state index contributed by atoms with van der Waals surface area (Å²) < 4.78 is 37.8. The number of hydrogen-bond donors (Lipinski definition) is 1. The highest BCUT2D eigenvalue weighted by Gasteiger charge is 2.15. The van der Waals surface area contributed by atoms with Crippen LogP contribution in [0.15, 0.2) is 30.3 Å². The van der Waals surface area contributed by atoms with E-state index in [9.17, 15) is 8.78 Å². The highest BCUT2D eigenvalue weighted by atomic mass is 35.5. The molecule has 1 fully saturated rings. The molecule has 130 valence electrons. The van der Waals surface area contributed by atoms with Crippen molar-refractivity contribution >= 4 is 12.4 Å². The van der Waals surface area contributed by atoms with Crippen LogP contribution in [0.2, 0.25) is 0 Å². The zero-order valence-corrected chi connectivity index (χ0v) is 13.7. The molecule has 1 aromatic heterocycles. The van der Waals surface area contributed by atoms with Crippen LogP contribution in [0, 0.1) is 11.6 Å². The first-order valence-corrected chi connectivity index (χ1v) is 7.49. The standard InChI is InChI=1S/C16H17F2N3O2.ClH/c17-13-2-1-3-14(18)16(13)22-10-11-4-5-15(21-20-11)23-12-6-8-19-9-7-12;/h1-5,12,19H,6-10H2;1H. The molecule has 2 heterocycles. The van der Waals surface area contributed by atoms with Crippen LogP contribution in [0.4, 0.5) is 8.78 Å². The first-order chi connectivity index (χ1) is 11.2. The van der Waals surface area contributed by atoms with Gasteiger partial charge >= 0.3 is 0 Å². The van der Waals surface area contributed by atoms with Crippen molar-refractivity contribution in [1.82, 2.24) is 15.5 Å². The Bertz CT molecular complexity index is 632. The lowest BCUT2D eigenvalue weighted by atomic mass is 10.1. The lowest BCUT2D eigenvalue weighted by Gasteiger charge is -2.22. The summed E-state index contributed by atoms with van der Waals surface area (Å²) in [5, 5.41) is 11.2. The molecule has 0 amide bonds. The molecule has 0 saturated carbocycles. The third-order valence-corrected chi connectivity index (χ3v) is 3.55. The fourth-order valence-corrected chi connectivity index (χ4v) is 2.34. The van der Waals surface area contributed by atoms with Crippen LogP contribution in [0.3, 0.4) is 0 Å². The molecule has 1 aromatic carbocycles. The van der Waals surface area contributed by atoms with Gasteiger partial charge in [0.2, 0.25) is 5.88 Å². The molecule has 0 aliphatic carbocycles. The number of benzene rings is 1. The van der Waals surface area contributed by atoms with Crippen molar-refractivity contribution in [1.29, 1.82) is 0 Å². The second-order valence-electron chi connectivity index (χ2n) is 5.27. The van der Waals surface area contributed by atoms with E-state index in [0.29, 0.717) is 11.6 Å². The van der Waals surface area contributed by atoms with Crippen molar-refractivity contribution in [3.05, 3.63) is 47.7 Å². The molecule has 1 aliphatic rings. The average molecular weight is 358 g/mol. The fourth-order valence-electron chi connectivity index (χ4n) is 2.34. The smallest absolute Gasteiger partial charge is 0.233 e. The molecule has 0 spiro atoms. The van der Waals surface area contributed by atoms with Crippen LogP contribution in [0.5, 0.6) is 11.6 Å². The van der Waals surface area contributed by atoms with E-state index < -0.39 is 17.4 Å². The van der Waals surface area contributed by atoms with Gasteiger partial charge in [-0.1, -0.05) is 6.07 Å². The van der Waals surface area contributed by atoms with E-state index in [1.165, 1.54) is 6.07 Å². The molecular formula is C16H18ClF2N3O2. The van der Waals surface area contributed by atoms with Crippen LogP contribution in [0.1, 0.15) is 18.5 Å². The Morgan fingerprint density at radius 2 is 1.75 bits per heavy atom. The summed E-state index contributed by atoms with van der Waals surface area (Å²) >= 11 is 0. The molecule has 0 bridgehead atoms. The fraction of sp³-hybridized carbons (Fsp3) is 0.375. The number of aromatic nitrogens is 2. The van der Waals surface area contributed by atoms with E-state index in [0.717, 1.165) is 38.1 Å². The second kappa shape index (κ2) is 8.75. The molecule has 2 aromatic rings. The van der Waals surface area contributed by atoms with Crippen molar-refractivity contribution in [2.24, 2.45) is 0 Å². The molecule has 1 aliphatic heterocycles. The molecule has 5 nitrogen and oxygen atoms in total. The van der Waals surface area contributed by atoms with Crippen molar-refractivity contribution in [3.63, 3.8) is 0 Å². The molecule has 0 radical (unpaired) electrons. The summed E-state index contributed by atoms with van der Waals surface area (Å²) in [6, 6.07) is 6.91. The molecule has 0 unspecified atom stereocenters. The Kier molecular flexibility index (Phi) is 6.69. The zero-order chi connectivity index (χ0) is 16.1. The largest absolute Gasteiger partial charge is 0.481 e. The van der Waals surface area contributed by atoms with E-state index in [4.69, 9.17) is 9.47 Å². The molecule has 0 atom stereocenters. The monoisotopic (exact) mass is 357 g/mol. The van der Waals surface area contributed by atoms with E-state index in [-0.39, 0.29) is 25.1 Å². The van der Waals surface area contributed by atoms with E-state index >= 15 is 0 Å². The van der Waals surface area contributed by atoms with E-state index in [1.54, 1.807) is 12.1 Å². The summed E-state index contributed by atoms with van der Waals surface area (Å²) in [4.78, 5) is 0. The average Bonchev–Trinajstić information content (AvgIpc) is 2.57. The number of piperidine rings is 1. The minimum absolute atomic E-state index is 0. The van der Waals surface area contributed by atoms with Crippen molar-refractivity contribution in [3.8, 4) is 11.6 Å². The normalized spacial score (nSPS) is 14.8. The van der Waals surface area contributed by atoms with Gasteiger partial charge in [0.05, 0.1) is 0 Å². The Balaban J connectivity index is 0.00000208. The molecule has 1 saturated heterocycles. The van der Waals surface area contributed by atoms with Crippen LogP contribution in [0.25, 0.3) is 0 Å². The minimum Gasteiger partial charge on any atom is -0.481 e. The number of hydrogen-bond acceptors (Lipinski definition) is 5. The van der Waals surface area contributed by atoms with Gasteiger partial charge in [0.1, 0.15) is 18.4 Å². The minimum atomic E-state index is -0.746. The Labute approximate surface area is 144 Å². The van der Waals surface area contributed by atoms with Crippen LogP contribution in [-0.2, 0) is 6.61 Å². The van der Waals surface area contributed by atoms with Gasteiger partial charge in [-0.15, -0.1) is 22.6 Å². The molecule has 24 heavy (non-hydrogen) atoms. The van der Waals surface area contributed by atoms with Gasteiger partial charge < -0.3 is 14.8 Å². The predicted molar refractivity (Wildman–Crippen MR) is 86.5 cm³/mol. The Hall–Kier alpha value is -1.99. The second-order valence-corrected chi connectivity index (χ2v) is 5.27. The van der Waals surface area contributed by atoms with Crippen molar-refractivity contribution in [2.75, 3.05) is 13.1 Å². The summed E-state index contributed by atoms with van der Waals surface area (Å²) in [5.74, 6) is -1.46. The summed E-state index contributed by atoms with van der Waals surface area (Å²) in [5.41, 5.74) is 0.463. The molecule has 8 heteroatoms. The van der Waals surface area contributed by atoms with Gasteiger partial charge in [0.25, 0.3) is 0 Å². The van der Waals surface area contributed by atoms with Crippen LogP contribution >= 0.6 is 12.4 Å². The Morgan fingerprint density at radius 1 is 1.04 bits per heavy atom. The maximum atomic E-state index is 13.5. The summed E-state index contributed by atoms with van der Waals surface area (Å²) in [7, 11) is 0. The topological polar surface area (TPSA) is 56.3 Å². The molecule has 3 rings (SSSR count). The first-order valence-electron chi connectivity index (χ1n) is 7.49. The summed E-state index contributed by atoms with van der Waals surface area (Å²) in [6.07, 6.45) is 2.00. The third kappa shape index (κ3) is 4.75. The highest BCUT2D eigenvalue weighted by Crippen LogP contribution is 2.22.